The van der Waals surface area contributed by atoms with E-state index in [1.165, 1.54) is 49.7 Å². The van der Waals surface area contributed by atoms with Gasteiger partial charge in [-0.3, -0.25) is 0 Å². The Bertz CT molecular complexity index is 558. The molecule has 0 bridgehead atoms. The third-order valence-electron chi connectivity index (χ3n) is 5.75. The minimum Gasteiger partial charge on any atom is -0.494 e. The summed E-state index contributed by atoms with van der Waals surface area (Å²) < 4.78 is 5.76. The van der Waals surface area contributed by atoms with E-state index in [4.69, 9.17) is 4.74 Å². The fourth-order valence-corrected chi connectivity index (χ4v) is 3.99. The van der Waals surface area contributed by atoms with Gasteiger partial charge in [-0.25, -0.2) is 0 Å². The number of benzene rings is 1. The second kappa shape index (κ2) is 8.55. The van der Waals surface area contributed by atoms with E-state index in [0.717, 1.165) is 36.5 Å². The summed E-state index contributed by atoms with van der Waals surface area (Å²) in [5, 5.41) is 0. The van der Waals surface area contributed by atoms with Crippen molar-refractivity contribution in [2.75, 3.05) is 6.61 Å². The lowest BCUT2D eigenvalue weighted by atomic mass is 9.74. The fourth-order valence-electron chi connectivity index (χ4n) is 3.99. The summed E-state index contributed by atoms with van der Waals surface area (Å²) in [5.41, 5.74) is 2.68. The maximum absolute atomic E-state index is 5.76. The topological polar surface area (TPSA) is 9.23 Å². The molecule has 1 saturated carbocycles. The molecule has 0 radical (unpaired) electrons. The molecule has 0 spiro atoms. The van der Waals surface area contributed by atoms with Gasteiger partial charge in [-0.05, 0) is 66.7 Å². The van der Waals surface area contributed by atoms with Crippen LogP contribution in [0.2, 0.25) is 0 Å². The zero-order chi connectivity index (χ0) is 16.8. The Balaban J connectivity index is 1.54. The first-order valence-electron chi connectivity index (χ1n) is 9.88. The van der Waals surface area contributed by atoms with Gasteiger partial charge in [0.05, 0.1) is 6.61 Å². The van der Waals surface area contributed by atoms with Crippen LogP contribution in [-0.2, 0) is 0 Å². The van der Waals surface area contributed by atoms with Crippen LogP contribution in [0, 0.1) is 17.8 Å². The number of allylic oxidation sites excluding steroid dienone is 4. The van der Waals surface area contributed by atoms with Gasteiger partial charge in [0.15, 0.2) is 0 Å². The molecule has 2 aliphatic carbocycles. The molecule has 3 rings (SSSR count). The first-order chi connectivity index (χ1) is 11.8. The van der Waals surface area contributed by atoms with Gasteiger partial charge in [-0.1, -0.05) is 63.5 Å². The van der Waals surface area contributed by atoms with Crippen LogP contribution >= 0.6 is 0 Å². The van der Waals surface area contributed by atoms with Gasteiger partial charge in [0.2, 0.25) is 0 Å². The number of rotatable bonds is 6. The molecule has 0 N–H and O–H groups in total. The monoisotopic (exact) mass is 324 g/mol. The van der Waals surface area contributed by atoms with E-state index in [1.807, 2.05) is 0 Å². The molecule has 1 nitrogen and oxygen atoms in total. The smallest absolute Gasteiger partial charge is 0.119 e. The Kier molecular flexibility index (Phi) is 6.18. The van der Waals surface area contributed by atoms with Gasteiger partial charge >= 0.3 is 0 Å². The van der Waals surface area contributed by atoms with Crippen molar-refractivity contribution < 1.29 is 4.74 Å². The molecule has 24 heavy (non-hydrogen) atoms. The molecule has 1 atom stereocenters. The van der Waals surface area contributed by atoms with Crippen LogP contribution in [0.25, 0.3) is 5.57 Å². The van der Waals surface area contributed by atoms with E-state index in [9.17, 15) is 0 Å². The molecule has 0 amide bonds. The zero-order valence-electron chi connectivity index (χ0n) is 15.3. The van der Waals surface area contributed by atoms with Crippen molar-refractivity contribution in [1.82, 2.24) is 0 Å². The Hall–Kier alpha value is -1.50. The van der Waals surface area contributed by atoms with Crippen molar-refractivity contribution in [2.45, 2.75) is 58.8 Å². The van der Waals surface area contributed by atoms with Crippen LogP contribution in [0.1, 0.15) is 64.4 Å². The lowest BCUT2D eigenvalue weighted by Crippen LogP contribution is -2.20. The predicted molar refractivity (Wildman–Crippen MR) is 103 cm³/mol. The molecule has 0 aromatic heterocycles. The summed E-state index contributed by atoms with van der Waals surface area (Å²) >= 11 is 0. The van der Waals surface area contributed by atoms with Crippen molar-refractivity contribution in [3.8, 4) is 5.75 Å². The normalized spacial score (nSPS) is 26.9. The molecule has 0 saturated heterocycles. The summed E-state index contributed by atoms with van der Waals surface area (Å²) in [5.74, 6) is 3.60. The van der Waals surface area contributed by atoms with Crippen molar-refractivity contribution in [1.29, 1.82) is 0 Å². The highest BCUT2D eigenvalue weighted by Crippen LogP contribution is 2.38. The van der Waals surface area contributed by atoms with Crippen LogP contribution in [0.5, 0.6) is 5.75 Å². The minimum atomic E-state index is 0.762. The molecule has 1 aromatic rings. The van der Waals surface area contributed by atoms with Crippen LogP contribution in [0.4, 0.5) is 0 Å². The fraction of sp³-hybridized carbons (Fsp3) is 0.565. The van der Waals surface area contributed by atoms with E-state index in [0.29, 0.717) is 0 Å². The Labute approximate surface area is 147 Å². The zero-order valence-corrected chi connectivity index (χ0v) is 15.3. The van der Waals surface area contributed by atoms with E-state index in [2.05, 4.69) is 56.3 Å². The number of ether oxygens (including phenoxy) is 1. The predicted octanol–water partition coefficient (Wildman–Crippen LogP) is 6.65. The van der Waals surface area contributed by atoms with Crippen molar-refractivity contribution >= 4 is 5.57 Å². The number of hydrogen-bond acceptors (Lipinski definition) is 1. The van der Waals surface area contributed by atoms with Crippen molar-refractivity contribution in [2.24, 2.45) is 17.8 Å². The van der Waals surface area contributed by atoms with Gasteiger partial charge < -0.3 is 4.74 Å². The highest BCUT2D eigenvalue weighted by molar-refractivity contribution is 5.75. The van der Waals surface area contributed by atoms with E-state index in [-0.39, 0.29) is 0 Å². The average molecular weight is 325 g/mol. The second-order valence-corrected chi connectivity index (χ2v) is 7.66. The summed E-state index contributed by atoms with van der Waals surface area (Å²) in [6.45, 7) is 5.41. The van der Waals surface area contributed by atoms with Gasteiger partial charge in [-0.2, -0.15) is 0 Å². The standard InChI is InChI=1S/C23H32O/c1-3-4-17-24-23-15-13-22(14-16-23)21-11-9-20(10-12-21)19-7-5-18(2)6-8-19/h9,11-16,18-20H,3-8,10,17H2,1-2H3. The summed E-state index contributed by atoms with van der Waals surface area (Å²) in [4.78, 5) is 0. The van der Waals surface area contributed by atoms with Crippen molar-refractivity contribution in [3.05, 3.63) is 48.1 Å². The first kappa shape index (κ1) is 17.3. The Morgan fingerprint density at radius 2 is 1.79 bits per heavy atom. The lowest BCUT2D eigenvalue weighted by molar-refractivity contribution is 0.240. The SMILES string of the molecule is CCCCOc1ccc(C2=CCC(C3CCC(C)CC3)C=C2)cc1. The molecular weight excluding hydrogens is 292 g/mol. The molecule has 0 heterocycles. The summed E-state index contributed by atoms with van der Waals surface area (Å²) in [6, 6.07) is 8.60. The highest BCUT2D eigenvalue weighted by atomic mass is 16.5. The highest BCUT2D eigenvalue weighted by Gasteiger charge is 2.25. The van der Waals surface area contributed by atoms with Crippen molar-refractivity contribution in [3.63, 3.8) is 0 Å². The molecule has 1 unspecified atom stereocenters. The maximum atomic E-state index is 5.76. The van der Waals surface area contributed by atoms with E-state index >= 15 is 0 Å². The number of unbranched alkanes of at least 4 members (excludes halogenated alkanes) is 1. The molecule has 0 aliphatic heterocycles. The lowest BCUT2D eigenvalue weighted by Gasteiger charge is -2.32. The van der Waals surface area contributed by atoms with Crippen LogP contribution in [-0.4, -0.2) is 6.61 Å². The minimum absolute atomic E-state index is 0.762. The average Bonchev–Trinajstić information content (AvgIpc) is 2.63. The Morgan fingerprint density at radius 3 is 2.42 bits per heavy atom. The van der Waals surface area contributed by atoms with E-state index in [1.54, 1.807) is 0 Å². The maximum Gasteiger partial charge on any atom is 0.119 e. The van der Waals surface area contributed by atoms with Gasteiger partial charge in [-0.15, -0.1) is 0 Å². The molecular formula is C23H32O. The first-order valence-corrected chi connectivity index (χ1v) is 9.88. The third-order valence-corrected chi connectivity index (χ3v) is 5.75. The van der Waals surface area contributed by atoms with Crippen LogP contribution in [0.3, 0.4) is 0 Å². The molecule has 2 aliphatic rings. The molecule has 1 fully saturated rings. The molecule has 1 heteroatoms. The van der Waals surface area contributed by atoms with Gasteiger partial charge in [0.25, 0.3) is 0 Å². The van der Waals surface area contributed by atoms with Crippen LogP contribution in [0.15, 0.2) is 42.5 Å². The summed E-state index contributed by atoms with van der Waals surface area (Å²) in [6.07, 6.45) is 16.5. The molecule has 130 valence electrons. The Morgan fingerprint density at radius 1 is 1.04 bits per heavy atom. The quantitative estimate of drug-likeness (QED) is 0.532. The largest absolute Gasteiger partial charge is 0.494 e. The van der Waals surface area contributed by atoms with E-state index < -0.39 is 0 Å². The summed E-state index contributed by atoms with van der Waals surface area (Å²) in [7, 11) is 0. The third kappa shape index (κ3) is 4.53. The number of hydrogen-bond donors (Lipinski definition) is 0. The van der Waals surface area contributed by atoms with Gasteiger partial charge in [0.1, 0.15) is 5.75 Å². The van der Waals surface area contributed by atoms with Gasteiger partial charge in [0, 0.05) is 0 Å². The second-order valence-electron chi connectivity index (χ2n) is 7.66. The van der Waals surface area contributed by atoms with Crippen LogP contribution < -0.4 is 4.74 Å². The molecule has 1 aromatic carbocycles.